The predicted molar refractivity (Wildman–Crippen MR) is 50.4 cm³/mol. The minimum Gasteiger partial charge on any atom is -0.392 e. The number of likely N-dealkylation sites (tertiary alicyclic amines) is 1. The van der Waals surface area contributed by atoms with Gasteiger partial charge in [-0.15, -0.1) is 0 Å². The van der Waals surface area contributed by atoms with Crippen molar-refractivity contribution in [2.45, 2.75) is 25.9 Å². The number of amides is 1. The van der Waals surface area contributed by atoms with Gasteiger partial charge in [0.15, 0.2) is 0 Å². The molecule has 0 aromatic carbocycles. The standard InChI is InChI=1S/C9H18N2O2/c1-2-4-10-9(13)7-11-5-3-8(12)6-11/h8,12H,2-7H2,1H3,(H,10,13). The molecule has 1 atom stereocenters. The lowest BCUT2D eigenvalue weighted by atomic mass is 10.3. The van der Waals surface area contributed by atoms with Gasteiger partial charge < -0.3 is 10.4 Å². The number of aliphatic hydroxyl groups is 1. The molecule has 76 valence electrons. The van der Waals surface area contributed by atoms with Crippen molar-refractivity contribution in [1.29, 1.82) is 0 Å². The van der Waals surface area contributed by atoms with Gasteiger partial charge in [-0.25, -0.2) is 0 Å². The second-order valence-electron chi connectivity index (χ2n) is 3.53. The van der Waals surface area contributed by atoms with E-state index in [1.54, 1.807) is 0 Å². The fourth-order valence-corrected chi connectivity index (χ4v) is 1.48. The zero-order valence-electron chi connectivity index (χ0n) is 8.12. The maximum atomic E-state index is 11.2. The van der Waals surface area contributed by atoms with Crippen LogP contribution in [0, 0.1) is 0 Å². The SMILES string of the molecule is CCCNC(=O)CN1CCC(O)C1. The highest BCUT2D eigenvalue weighted by molar-refractivity contribution is 5.77. The fraction of sp³-hybridized carbons (Fsp3) is 0.889. The molecule has 0 aliphatic carbocycles. The van der Waals surface area contributed by atoms with Crippen molar-refractivity contribution in [3.63, 3.8) is 0 Å². The van der Waals surface area contributed by atoms with Crippen LogP contribution < -0.4 is 5.32 Å². The quantitative estimate of drug-likeness (QED) is 0.627. The van der Waals surface area contributed by atoms with Crippen LogP contribution in [0.1, 0.15) is 19.8 Å². The molecule has 1 aliphatic heterocycles. The number of nitrogens with zero attached hydrogens (tertiary/aromatic N) is 1. The maximum absolute atomic E-state index is 11.2. The molecule has 1 amide bonds. The molecule has 0 spiro atoms. The van der Waals surface area contributed by atoms with Crippen LogP contribution in [0.5, 0.6) is 0 Å². The summed E-state index contributed by atoms with van der Waals surface area (Å²) in [6.45, 7) is 4.67. The van der Waals surface area contributed by atoms with E-state index in [-0.39, 0.29) is 12.0 Å². The Balaban J connectivity index is 2.13. The molecule has 1 rings (SSSR count). The Hall–Kier alpha value is -0.610. The molecule has 1 saturated heterocycles. The molecule has 2 N–H and O–H groups in total. The molecule has 1 aliphatic rings. The van der Waals surface area contributed by atoms with Gasteiger partial charge in [0.25, 0.3) is 0 Å². The molecule has 0 aromatic rings. The van der Waals surface area contributed by atoms with Crippen LogP contribution in [0.3, 0.4) is 0 Å². The summed E-state index contributed by atoms with van der Waals surface area (Å²) < 4.78 is 0. The van der Waals surface area contributed by atoms with Gasteiger partial charge in [-0.2, -0.15) is 0 Å². The van der Waals surface area contributed by atoms with Gasteiger partial charge in [0.1, 0.15) is 0 Å². The van der Waals surface area contributed by atoms with Gasteiger partial charge in [0.2, 0.25) is 5.91 Å². The lowest BCUT2D eigenvalue weighted by molar-refractivity contribution is -0.122. The van der Waals surface area contributed by atoms with Crippen molar-refractivity contribution in [1.82, 2.24) is 10.2 Å². The van der Waals surface area contributed by atoms with E-state index in [2.05, 4.69) is 5.32 Å². The van der Waals surface area contributed by atoms with E-state index in [4.69, 9.17) is 0 Å². The third-order valence-electron chi connectivity index (χ3n) is 2.19. The number of carbonyl (C=O) groups excluding carboxylic acids is 1. The van der Waals surface area contributed by atoms with Crippen LogP contribution >= 0.6 is 0 Å². The molecule has 0 radical (unpaired) electrons. The number of rotatable bonds is 4. The van der Waals surface area contributed by atoms with Crippen LogP contribution in [-0.4, -0.2) is 48.2 Å². The predicted octanol–water partition coefficient (Wildman–Crippen LogP) is -0.421. The summed E-state index contributed by atoms with van der Waals surface area (Å²) in [5.41, 5.74) is 0. The molecule has 1 heterocycles. The van der Waals surface area contributed by atoms with Gasteiger partial charge in [0.05, 0.1) is 12.6 Å². The van der Waals surface area contributed by atoms with E-state index in [9.17, 15) is 9.90 Å². The van der Waals surface area contributed by atoms with Crippen LogP contribution in [0.4, 0.5) is 0 Å². The molecular weight excluding hydrogens is 168 g/mol. The molecule has 0 saturated carbocycles. The minimum atomic E-state index is -0.237. The van der Waals surface area contributed by atoms with Crippen LogP contribution in [-0.2, 0) is 4.79 Å². The van der Waals surface area contributed by atoms with Gasteiger partial charge in [-0.3, -0.25) is 9.69 Å². The average molecular weight is 186 g/mol. The monoisotopic (exact) mass is 186 g/mol. The molecule has 1 unspecified atom stereocenters. The third kappa shape index (κ3) is 3.74. The summed E-state index contributed by atoms with van der Waals surface area (Å²) in [6.07, 6.45) is 1.52. The molecule has 0 bridgehead atoms. The summed E-state index contributed by atoms with van der Waals surface area (Å²) in [7, 11) is 0. The molecule has 4 nitrogen and oxygen atoms in total. The Morgan fingerprint density at radius 3 is 3.00 bits per heavy atom. The van der Waals surface area contributed by atoms with Crippen LogP contribution in [0.25, 0.3) is 0 Å². The van der Waals surface area contributed by atoms with Crippen LogP contribution in [0.2, 0.25) is 0 Å². The maximum Gasteiger partial charge on any atom is 0.234 e. The summed E-state index contributed by atoms with van der Waals surface area (Å²) in [5, 5.41) is 12.0. The Kier molecular flexibility index (Phi) is 4.18. The van der Waals surface area contributed by atoms with Crippen molar-refractivity contribution >= 4 is 5.91 Å². The second kappa shape index (κ2) is 5.19. The smallest absolute Gasteiger partial charge is 0.234 e. The lowest BCUT2D eigenvalue weighted by Crippen LogP contribution is -2.36. The first-order chi connectivity index (χ1) is 6.22. The molecule has 0 aromatic heterocycles. The first kappa shape index (κ1) is 10.5. The largest absolute Gasteiger partial charge is 0.392 e. The van der Waals surface area contributed by atoms with E-state index >= 15 is 0 Å². The number of carbonyl (C=O) groups is 1. The van der Waals surface area contributed by atoms with Crippen molar-refractivity contribution in [2.24, 2.45) is 0 Å². The van der Waals surface area contributed by atoms with Crippen molar-refractivity contribution in [2.75, 3.05) is 26.2 Å². The highest BCUT2D eigenvalue weighted by Crippen LogP contribution is 2.07. The minimum absolute atomic E-state index is 0.0657. The molecule has 1 fully saturated rings. The zero-order chi connectivity index (χ0) is 9.68. The van der Waals surface area contributed by atoms with E-state index in [1.165, 1.54) is 0 Å². The highest BCUT2D eigenvalue weighted by atomic mass is 16.3. The average Bonchev–Trinajstić information content (AvgIpc) is 2.48. The van der Waals surface area contributed by atoms with Crippen molar-refractivity contribution in [3.8, 4) is 0 Å². The fourth-order valence-electron chi connectivity index (χ4n) is 1.48. The Bertz CT molecular complexity index is 173. The number of hydrogen-bond acceptors (Lipinski definition) is 3. The van der Waals surface area contributed by atoms with Crippen LogP contribution in [0.15, 0.2) is 0 Å². The summed E-state index contributed by atoms with van der Waals surface area (Å²) in [4.78, 5) is 13.2. The van der Waals surface area contributed by atoms with E-state index in [0.717, 1.165) is 25.9 Å². The van der Waals surface area contributed by atoms with E-state index < -0.39 is 0 Å². The number of hydrogen-bond donors (Lipinski definition) is 2. The van der Waals surface area contributed by atoms with Gasteiger partial charge in [-0.05, 0) is 12.8 Å². The van der Waals surface area contributed by atoms with Crippen molar-refractivity contribution in [3.05, 3.63) is 0 Å². The lowest BCUT2D eigenvalue weighted by Gasteiger charge is -2.13. The normalized spacial score (nSPS) is 23.4. The molecular formula is C9H18N2O2. The third-order valence-corrected chi connectivity index (χ3v) is 2.19. The second-order valence-corrected chi connectivity index (χ2v) is 3.53. The Morgan fingerprint density at radius 1 is 1.69 bits per heavy atom. The molecule has 13 heavy (non-hydrogen) atoms. The Labute approximate surface area is 78.9 Å². The Morgan fingerprint density at radius 2 is 2.46 bits per heavy atom. The van der Waals surface area contributed by atoms with Gasteiger partial charge in [0, 0.05) is 19.6 Å². The summed E-state index contributed by atoms with van der Waals surface area (Å²) >= 11 is 0. The first-order valence-corrected chi connectivity index (χ1v) is 4.89. The zero-order valence-corrected chi connectivity index (χ0v) is 8.12. The van der Waals surface area contributed by atoms with E-state index in [0.29, 0.717) is 13.1 Å². The topological polar surface area (TPSA) is 52.6 Å². The van der Waals surface area contributed by atoms with E-state index in [1.807, 2.05) is 11.8 Å². The number of aliphatic hydroxyl groups excluding tert-OH is 1. The highest BCUT2D eigenvalue weighted by Gasteiger charge is 2.21. The van der Waals surface area contributed by atoms with Crippen molar-refractivity contribution < 1.29 is 9.90 Å². The number of nitrogens with one attached hydrogen (secondary N) is 1. The summed E-state index contributed by atoms with van der Waals surface area (Å²) in [5.74, 6) is 0.0657. The first-order valence-electron chi connectivity index (χ1n) is 4.89. The van der Waals surface area contributed by atoms with Gasteiger partial charge in [-0.1, -0.05) is 6.92 Å². The molecule has 4 heteroatoms. The number of β-amino-alcohol motifs (C(OH)–C–C–N with tert-alkyl or cyclic N) is 1. The summed E-state index contributed by atoms with van der Waals surface area (Å²) in [6, 6.07) is 0. The van der Waals surface area contributed by atoms with Gasteiger partial charge >= 0.3 is 0 Å².